The van der Waals surface area contributed by atoms with Gasteiger partial charge in [0, 0.05) is 0 Å². The van der Waals surface area contributed by atoms with E-state index in [4.69, 9.17) is 13.9 Å². The van der Waals surface area contributed by atoms with Crippen molar-refractivity contribution in [3.05, 3.63) is 24.7 Å². The van der Waals surface area contributed by atoms with E-state index in [9.17, 15) is 25.5 Å². The molecule has 1 aliphatic rings. The first-order valence-corrected chi connectivity index (χ1v) is 8.16. The lowest BCUT2D eigenvalue weighted by molar-refractivity contribution is -0.247. The van der Waals surface area contributed by atoms with Crippen LogP contribution in [0.1, 0.15) is 5.76 Å². The number of hydrogen-bond acceptors (Lipinski definition) is 12. The van der Waals surface area contributed by atoms with Gasteiger partial charge in [-0.2, -0.15) is 4.98 Å². The summed E-state index contributed by atoms with van der Waals surface area (Å²) in [6.45, 7) is -0.891. The number of hydrogen-bond donors (Lipinski definition) is 7. The van der Waals surface area contributed by atoms with Crippen molar-refractivity contribution in [2.45, 2.75) is 30.8 Å². The fourth-order valence-electron chi connectivity index (χ4n) is 2.90. The van der Waals surface area contributed by atoms with Crippen LogP contribution in [0.15, 0.2) is 23.3 Å². The largest absolute Gasteiger partial charge is 0.502 e. The molecule has 13 nitrogen and oxygen atoms in total. The summed E-state index contributed by atoms with van der Waals surface area (Å²) in [4.78, 5) is 14.7. The highest BCUT2D eigenvalue weighted by Crippen LogP contribution is 2.34. The molecule has 13 heteroatoms. The molecule has 0 bridgehead atoms. The van der Waals surface area contributed by atoms with Crippen LogP contribution in [-0.4, -0.2) is 76.3 Å². The average Bonchev–Trinajstić information content (AvgIpc) is 3.35. The molecule has 28 heavy (non-hydrogen) atoms. The third-order valence-electron chi connectivity index (χ3n) is 4.34. The van der Waals surface area contributed by atoms with Gasteiger partial charge in [0.05, 0.1) is 19.5 Å². The molecule has 1 fully saturated rings. The number of aromatic hydroxyl groups is 2. The molecule has 1 saturated heterocycles. The third kappa shape index (κ3) is 3.00. The number of aliphatic hydroxyl groups excluding tert-OH is 2. The summed E-state index contributed by atoms with van der Waals surface area (Å²) < 4.78 is 16.0. The van der Waals surface area contributed by atoms with Crippen LogP contribution in [0.3, 0.4) is 0 Å². The van der Waals surface area contributed by atoms with Crippen LogP contribution in [0.5, 0.6) is 17.4 Å². The standard InChI is InChI=1S/C15H17N5O8/c21-2-8-11(24)12(27-14-9-13(17-4-16-9)18-5-19-14)15(25,28-8)20-1-7-10(23)6(22)3-26-7/h3-5,8,11-12,20-25H,1-2H2,(H,16,17,18,19)/t8-,11-,12+,15-/m1/s1. The van der Waals surface area contributed by atoms with Crippen LogP contribution < -0.4 is 10.1 Å². The summed E-state index contributed by atoms with van der Waals surface area (Å²) in [7, 11) is 0. The van der Waals surface area contributed by atoms with E-state index in [-0.39, 0.29) is 18.2 Å². The van der Waals surface area contributed by atoms with Gasteiger partial charge >= 0.3 is 0 Å². The number of imidazole rings is 1. The number of nitrogens with one attached hydrogen (secondary N) is 2. The molecule has 4 rings (SSSR count). The van der Waals surface area contributed by atoms with Crippen LogP contribution in [0.2, 0.25) is 0 Å². The molecule has 1 aliphatic heterocycles. The molecule has 7 N–H and O–H groups in total. The minimum absolute atomic E-state index is 0.00699. The van der Waals surface area contributed by atoms with Crippen LogP contribution >= 0.6 is 0 Å². The molecule has 4 heterocycles. The van der Waals surface area contributed by atoms with Crippen molar-refractivity contribution in [2.24, 2.45) is 0 Å². The predicted octanol–water partition coefficient (Wildman–Crippen LogP) is -1.71. The molecule has 0 amide bonds. The number of fused-ring (bicyclic) bond motifs is 1. The number of furan rings is 1. The Morgan fingerprint density at radius 2 is 2.11 bits per heavy atom. The van der Waals surface area contributed by atoms with Gasteiger partial charge in [-0.3, -0.25) is 5.32 Å². The second-order valence-corrected chi connectivity index (χ2v) is 6.09. The van der Waals surface area contributed by atoms with Crippen molar-refractivity contribution < 1.29 is 39.4 Å². The number of aromatic amines is 1. The Hall–Kier alpha value is -2.97. The van der Waals surface area contributed by atoms with Gasteiger partial charge in [-0.1, -0.05) is 0 Å². The second kappa shape index (κ2) is 6.88. The SMILES string of the molecule is OC[C@H]1O[C@@](O)(NCc2occ(O)c2O)[C@@H](Oc2ncnc3nc[nH]c23)[C@@H]1O. The monoisotopic (exact) mass is 395 g/mol. The van der Waals surface area contributed by atoms with Crippen LogP contribution in [-0.2, 0) is 11.3 Å². The number of ether oxygens (including phenoxy) is 2. The Labute approximate surface area is 156 Å². The van der Waals surface area contributed by atoms with Gasteiger partial charge < -0.3 is 44.4 Å². The summed E-state index contributed by atoms with van der Waals surface area (Å²) in [5.74, 6) is -3.37. The minimum atomic E-state index is -2.29. The summed E-state index contributed by atoms with van der Waals surface area (Å²) in [6, 6.07) is 0. The van der Waals surface area contributed by atoms with E-state index >= 15 is 0 Å². The van der Waals surface area contributed by atoms with Crippen molar-refractivity contribution in [3.8, 4) is 17.4 Å². The first-order chi connectivity index (χ1) is 13.4. The van der Waals surface area contributed by atoms with Gasteiger partial charge in [0.1, 0.15) is 30.3 Å². The van der Waals surface area contributed by atoms with Crippen LogP contribution in [0.4, 0.5) is 0 Å². The van der Waals surface area contributed by atoms with Gasteiger partial charge in [-0.15, -0.1) is 0 Å². The van der Waals surface area contributed by atoms with E-state index in [0.29, 0.717) is 11.2 Å². The van der Waals surface area contributed by atoms with Gasteiger partial charge in [0.25, 0.3) is 5.91 Å². The van der Waals surface area contributed by atoms with Crippen molar-refractivity contribution >= 4 is 11.2 Å². The lowest BCUT2D eigenvalue weighted by atomic mass is 10.1. The second-order valence-electron chi connectivity index (χ2n) is 6.09. The summed E-state index contributed by atoms with van der Waals surface area (Å²) in [5.41, 5.74) is 0.641. The molecule has 0 radical (unpaired) electrons. The first kappa shape index (κ1) is 18.4. The average molecular weight is 395 g/mol. The van der Waals surface area contributed by atoms with Crippen molar-refractivity contribution in [1.82, 2.24) is 25.3 Å². The smallest absolute Gasteiger partial charge is 0.267 e. The summed E-state index contributed by atoms with van der Waals surface area (Å²) >= 11 is 0. The predicted molar refractivity (Wildman–Crippen MR) is 87.9 cm³/mol. The molecular formula is C15H17N5O8. The topological polar surface area (TPSA) is 199 Å². The molecule has 0 aliphatic carbocycles. The maximum absolute atomic E-state index is 10.9. The van der Waals surface area contributed by atoms with Crippen LogP contribution in [0.25, 0.3) is 11.2 Å². The van der Waals surface area contributed by atoms with E-state index in [2.05, 4.69) is 25.3 Å². The van der Waals surface area contributed by atoms with Crippen LogP contribution in [0, 0.1) is 0 Å². The molecule has 150 valence electrons. The number of aliphatic hydroxyl groups is 3. The Bertz CT molecular complexity index is 976. The number of aromatic nitrogens is 4. The Kier molecular flexibility index (Phi) is 4.52. The highest BCUT2D eigenvalue weighted by molar-refractivity contribution is 5.74. The van der Waals surface area contributed by atoms with E-state index in [0.717, 1.165) is 6.26 Å². The number of nitrogens with zero attached hydrogens (tertiary/aromatic N) is 3. The molecule has 3 aromatic rings. The molecule has 3 aromatic heterocycles. The zero-order valence-electron chi connectivity index (χ0n) is 14.2. The highest BCUT2D eigenvalue weighted by atomic mass is 16.7. The fourth-order valence-corrected chi connectivity index (χ4v) is 2.90. The lowest BCUT2D eigenvalue weighted by Gasteiger charge is -2.29. The Morgan fingerprint density at radius 1 is 1.29 bits per heavy atom. The lowest BCUT2D eigenvalue weighted by Crippen LogP contribution is -2.56. The molecule has 0 spiro atoms. The fraction of sp³-hybridized carbons (Fsp3) is 0.400. The third-order valence-corrected chi connectivity index (χ3v) is 4.34. The summed E-state index contributed by atoms with van der Waals surface area (Å²) in [5, 5.41) is 52.3. The van der Waals surface area contributed by atoms with E-state index in [1.165, 1.54) is 12.7 Å². The van der Waals surface area contributed by atoms with Gasteiger partial charge in [0.2, 0.25) is 11.6 Å². The quantitative estimate of drug-likeness (QED) is 0.234. The van der Waals surface area contributed by atoms with E-state index in [1.54, 1.807) is 0 Å². The maximum atomic E-state index is 10.9. The first-order valence-electron chi connectivity index (χ1n) is 8.16. The zero-order valence-corrected chi connectivity index (χ0v) is 14.2. The Morgan fingerprint density at radius 3 is 2.82 bits per heavy atom. The minimum Gasteiger partial charge on any atom is -0.502 e. The van der Waals surface area contributed by atoms with Crippen molar-refractivity contribution in [1.29, 1.82) is 0 Å². The normalized spacial score (nSPS) is 27.5. The summed E-state index contributed by atoms with van der Waals surface area (Å²) in [6.07, 6.45) is -0.548. The van der Waals surface area contributed by atoms with E-state index in [1.807, 2.05) is 0 Å². The number of rotatable bonds is 6. The Balaban J connectivity index is 1.60. The van der Waals surface area contributed by atoms with Gasteiger partial charge in [-0.05, 0) is 0 Å². The molecular weight excluding hydrogens is 378 g/mol. The molecule has 4 atom stereocenters. The molecule has 0 aromatic carbocycles. The van der Waals surface area contributed by atoms with Gasteiger partial charge in [-0.25, -0.2) is 9.97 Å². The maximum Gasteiger partial charge on any atom is 0.267 e. The van der Waals surface area contributed by atoms with E-state index < -0.39 is 42.3 Å². The molecule has 0 saturated carbocycles. The number of H-pyrrole nitrogens is 1. The van der Waals surface area contributed by atoms with Crippen molar-refractivity contribution in [2.75, 3.05) is 6.61 Å². The molecule has 0 unspecified atom stereocenters. The van der Waals surface area contributed by atoms with Crippen molar-refractivity contribution in [3.63, 3.8) is 0 Å². The van der Waals surface area contributed by atoms with Gasteiger partial charge in [0.15, 0.2) is 23.3 Å². The highest BCUT2D eigenvalue weighted by Gasteiger charge is 2.56. The zero-order chi connectivity index (χ0) is 19.9.